The van der Waals surface area contributed by atoms with Crippen LogP contribution in [-0.4, -0.2) is 26.2 Å². The molecule has 4 nitrogen and oxygen atoms in total. The Morgan fingerprint density at radius 2 is 1.05 bits per heavy atom. The molecule has 0 heterocycles. The van der Waals surface area contributed by atoms with Gasteiger partial charge in [0.05, 0.1) is 0 Å². The Bertz CT molecular complexity index is 657. The van der Waals surface area contributed by atoms with E-state index in [0.29, 0.717) is 0 Å². The van der Waals surface area contributed by atoms with Gasteiger partial charge >= 0.3 is 26.2 Å². The summed E-state index contributed by atoms with van der Waals surface area (Å²) in [7, 11) is 0. The zero-order valence-corrected chi connectivity index (χ0v) is 16.3. The SMILES string of the molecule is Cc1cccc([O-])c(=O)c1.Cc1cccc([O-])c(=O)c1.[Bi+3].[Cl-]. The molecule has 0 aliphatic rings. The fourth-order valence-electron chi connectivity index (χ4n) is 1.39. The maximum atomic E-state index is 10.7. The van der Waals surface area contributed by atoms with Gasteiger partial charge in [0.15, 0.2) is 10.9 Å². The van der Waals surface area contributed by atoms with Crippen molar-refractivity contribution in [3.8, 4) is 11.5 Å². The first-order chi connectivity index (χ1) is 9.40. The van der Waals surface area contributed by atoms with Gasteiger partial charge in [0, 0.05) is 0 Å². The van der Waals surface area contributed by atoms with Crippen LogP contribution in [0.1, 0.15) is 11.1 Å². The third-order valence-electron chi connectivity index (χ3n) is 2.42. The molecule has 0 spiro atoms. The number of rotatable bonds is 0. The molecule has 0 atom stereocenters. The van der Waals surface area contributed by atoms with Gasteiger partial charge < -0.3 is 22.6 Å². The quantitative estimate of drug-likeness (QED) is 0.364. The number of aryl methyl sites for hydroxylation is 2. The molecule has 0 aliphatic carbocycles. The third kappa shape index (κ3) is 8.11. The summed E-state index contributed by atoms with van der Waals surface area (Å²) in [5.74, 6) is -0.902. The molecule has 2 rings (SSSR count). The standard InChI is InChI=1S/2C8H8O2.Bi.ClH/c2*1-6-3-2-4-7(9)8(10)5-6;;/h2*2-5H,1H3,(H,9,10);;1H/q;;+3;/p-3. The molecule has 114 valence electrons. The van der Waals surface area contributed by atoms with Crippen LogP contribution in [0, 0.1) is 13.8 Å². The molecule has 2 aromatic rings. The van der Waals surface area contributed by atoms with Crippen LogP contribution in [-0.2, 0) is 0 Å². The van der Waals surface area contributed by atoms with E-state index in [1.54, 1.807) is 38.1 Å². The van der Waals surface area contributed by atoms with Crippen molar-refractivity contribution < 1.29 is 22.6 Å². The summed E-state index contributed by atoms with van der Waals surface area (Å²) in [5, 5.41) is 21.3. The van der Waals surface area contributed by atoms with E-state index in [1.165, 1.54) is 24.3 Å². The van der Waals surface area contributed by atoms with Gasteiger partial charge in [0.25, 0.3) is 0 Å². The van der Waals surface area contributed by atoms with E-state index in [0.717, 1.165) is 11.1 Å². The van der Waals surface area contributed by atoms with Crippen LogP contribution in [0.25, 0.3) is 0 Å². The number of hydrogen-bond acceptors (Lipinski definition) is 4. The Morgan fingerprint density at radius 3 is 1.36 bits per heavy atom. The van der Waals surface area contributed by atoms with Crippen molar-refractivity contribution in [1.82, 2.24) is 0 Å². The van der Waals surface area contributed by atoms with Crippen molar-refractivity contribution >= 4 is 26.2 Å². The molecule has 22 heavy (non-hydrogen) atoms. The summed E-state index contributed by atoms with van der Waals surface area (Å²) >= 11 is 0. The van der Waals surface area contributed by atoms with Gasteiger partial charge in [-0.2, -0.15) is 0 Å². The van der Waals surface area contributed by atoms with Gasteiger partial charge in [-0.3, -0.25) is 9.59 Å². The van der Waals surface area contributed by atoms with Gasteiger partial charge in [-0.1, -0.05) is 47.9 Å². The van der Waals surface area contributed by atoms with Crippen molar-refractivity contribution in [3.05, 3.63) is 80.1 Å². The largest absolute Gasteiger partial charge is 3.00 e. The van der Waals surface area contributed by atoms with Gasteiger partial charge in [-0.05, 0) is 37.1 Å². The van der Waals surface area contributed by atoms with Gasteiger partial charge in [-0.15, -0.1) is 0 Å². The second-order valence-electron chi connectivity index (χ2n) is 4.29. The Balaban J connectivity index is 0. The molecular formula is C16H14BiClO4. The van der Waals surface area contributed by atoms with E-state index in [1.807, 2.05) is 0 Å². The van der Waals surface area contributed by atoms with Crippen molar-refractivity contribution in [2.24, 2.45) is 0 Å². The van der Waals surface area contributed by atoms with Crippen molar-refractivity contribution in [2.45, 2.75) is 13.8 Å². The first kappa shape index (κ1) is 22.8. The zero-order chi connectivity index (χ0) is 15.1. The first-order valence-electron chi connectivity index (χ1n) is 5.96. The minimum Gasteiger partial charge on any atom is -1.00 e. The molecule has 2 radical (unpaired) electrons. The smallest absolute Gasteiger partial charge is 1.00 e. The molecular weight excluding hydrogens is 501 g/mol. The molecule has 0 aliphatic heterocycles. The van der Waals surface area contributed by atoms with Crippen LogP contribution in [0.5, 0.6) is 11.5 Å². The fourth-order valence-corrected chi connectivity index (χ4v) is 1.39. The number of hydrogen-bond donors (Lipinski definition) is 0. The Morgan fingerprint density at radius 1 is 0.727 bits per heavy atom. The Hall–Kier alpha value is -1.45. The monoisotopic (exact) mass is 514 g/mol. The van der Waals surface area contributed by atoms with Crippen LogP contribution in [0.4, 0.5) is 0 Å². The molecule has 0 saturated heterocycles. The maximum Gasteiger partial charge on any atom is 3.00 e. The van der Waals surface area contributed by atoms with Crippen LogP contribution >= 0.6 is 0 Å². The molecule has 0 amide bonds. The molecule has 0 aromatic heterocycles. The van der Waals surface area contributed by atoms with Crippen LogP contribution in [0.15, 0.2) is 58.1 Å². The Kier molecular flexibility index (Phi) is 11.6. The zero-order valence-electron chi connectivity index (χ0n) is 12.1. The van der Waals surface area contributed by atoms with Crippen LogP contribution in [0.2, 0.25) is 0 Å². The van der Waals surface area contributed by atoms with Crippen molar-refractivity contribution in [3.63, 3.8) is 0 Å². The second kappa shape index (κ2) is 11.2. The molecule has 0 bridgehead atoms. The predicted molar refractivity (Wildman–Crippen MR) is 79.5 cm³/mol. The van der Waals surface area contributed by atoms with Crippen molar-refractivity contribution in [2.75, 3.05) is 0 Å². The fraction of sp³-hybridized carbons (Fsp3) is 0.125. The Labute approximate surface area is 154 Å². The summed E-state index contributed by atoms with van der Waals surface area (Å²) < 4.78 is 0. The summed E-state index contributed by atoms with van der Waals surface area (Å²) in [6.45, 7) is 3.56. The molecule has 6 heteroatoms. The summed E-state index contributed by atoms with van der Waals surface area (Å²) in [6, 6.07) is 11.8. The van der Waals surface area contributed by atoms with E-state index in [4.69, 9.17) is 0 Å². The van der Waals surface area contributed by atoms with Gasteiger partial charge in [0.1, 0.15) is 0 Å². The van der Waals surface area contributed by atoms with E-state index in [2.05, 4.69) is 0 Å². The molecule has 0 unspecified atom stereocenters. The van der Waals surface area contributed by atoms with Gasteiger partial charge in [-0.25, -0.2) is 0 Å². The summed E-state index contributed by atoms with van der Waals surface area (Å²) in [6.07, 6.45) is 0. The molecule has 2 aromatic carbocycles. The van der Waals surface area contributed by atoms with E-state index in [-0.39, 0.29) is 38.6 Å². The van der Waals surface area contributed by atoms with E-state index >= 15 is 0 Å². The summed E-state index contributed by atoms with van der Waals surface area (Å²) in [5.41, 5.74) is 0.740. The van der Waals surface area contributed by atoms with Crippen LogP contribution < -0.4 is 33.5 Å². The van der Waals surface area contributed by atoms with Crippen LogP contribution in [0.3, 0.4) is 0 Å². The normalized spacial score (nSPS) is 8.45. The second-order valence-corrected chi connectivity index (χ2v) is 4.29. The number of halogens is 1. The predicted octanol–water partition coefficient (Wildman–Crippen LogP) is -2.52. The summed E-state index contributed by atoms with van der Waals surface area (Å²) in [4.78, 5) is 21.5. The van der Waals surface area contributed by atoms with E-state index < -0.39 is 22.4 Å². The molecule has 0 fully saturated rings. The first-order valence-corrected chi connectivity index (χ1v) is 5.96. The minimum atomic E-state index is -0.451. The maximum absolute atomic E-state index is 10.7. The molecule has 0 N–H and O–H groups in total. The molecule has 0 saturated carbocycles. The minimum absolute atomic E-state index is 0. The van der Waals surface area contributed by atoms with E-state index in [9.17, 15) is 19.8 Å². The van der Waals surface area contributed by atoms with Gasteiger partial charge in [0.2, 0.25) is 0 Å². The third-order valence-corrected chi connectivity index (χ3v) is 2.42. The average molecular weight is 515 g/mol. The van der Waals surface area contributed by atoms with Crippen molar-refractivity contribution in [1.29, 1.82) is 0 Å². The average Bonchev–Trinajstić information content (AvgIpc) is 2.60. The topological polar surface area (TPSA) is 80.3 Å².